The fourth-order valence-electron chi connectivity index (χ4n) is 6.81. The third-order valence-corrected chi connectivity index (χ3v) is 9.88. The Morgan fingerprint density at radius 3 is 0.981 bits per heavy atom. The monoisotopic (exact) mass is 767 g/mol. The largest absolute Gasteiger partial charge is 0.353 e. The highest BCUT2D eigenvalue weighted by Gasteiger charge is 2.24. The Morgan fingerprint density at radius 2 is 0.685 bits per heavy atom. The highest BCUT2D eigenvalue weighted by molar-refractivity contribution is 5.83. The summed E-state index contributed by atoms with van der Waals surface area (Å²) in [6.07, 6.45) is 15.2. The van der Waals surface area contributed by atoms with Crippen molar-refractivity contribution in [2.75, 3.05) is 47.8 Å². The van der Waals surface area contributed by atoms with Crippen molar-refractivity contribution in [1.29, 1.82) is 0 Å². The minimum atomic E-state index is -0.380. The minimum absolute atomic E-state index is 0.0452. The van der Waals surface area contributed by atoms with Gasteiger partial charge in [0.05, 0.1) is 0 Å². The van der Waals surface area contributed by atoms with Crippen LogP contribution >= 0.6 is 0 Å². The number of rotatable bonds is 37. The van der Waals surface area contributed by atoms with E-state index in [9.17, 15) is 24.0 Å². The normalized spacial score (nSPS) is 14.1. The van der Waals surface area contributed by atoms with Gasteiger partial charge >= 0.3 is 0 Å². The third kappa shape index (κ3) is 29.7. The number of nitrogens with one attached hydrogen (secondary N) is 8. The number of hydrogen-bond acceptors (Lipinski definition) is 9. The molecule has 0 spiro atoms. The van der Waals surface area contributed by atoms with E-state index in [1.807, 2.05) is 28.2 Å². The summed E-state index contributed by atoms with van der Waals surface area (Å²) in [7, 11) is 7.60. The van der Waals surface area contributed by atoms with E-state index in [0.29, 0.717) is 32.1 Å². The number of amides is 4. The van der Waals surface area contributed by atoms with Crippen LogP contribution in [0.25, 0.3) is 0 Å². The number of Topliss-reactive ketones (excluding diaryl/α,β-unsaturated/α-hetero) is 1. The van der Waals surface area contributed by atoms with Crippen LogP contribution in [0.15, 0.2) is 0 Å². The number of carbonyl (C=O) groups is 5. The zero-order valence-corrected chi connectivity index (χ0v) is 35.4. The first-order chi connectivity index (χ1) is 26.0. The maximum absolute atomic E-state index is 13.6. The molecule has 0 aliphatic rings. The number of ketones is 1. The van der Waals surface area contributed by atoms with Gasteiger partial charge < -0.3 is 42.5 Å². The van der Waals surface area contributed by atoms with E-state index in [-0.39, 0.29) is 78.9 Å². The first-order valence-corrected chi connectivity index (χ1v) is 21.3. The van der Waals surface area contributed by atoms with Crippen molar-refractivity contribution in [3.63, 3.8) is 0 Å². The lowest BCUT2D eigenvalue weighted by Crippen LogP contribution is -2.46. The Kier molecular flexibility index (Phi) is 33.2. The summed E-state index contributed by atoms with van der Waals surface area (Å²) in [6.45, 7) is 8.36. The summed E-state index contributed by atoms with van der Waals surface area (Å²) in [6, 6.07) is -1.15. The Balaban J connectivity index is 5.72. The van der Waals surface area contributed by atoms with Crippen molar-refractivity contribution in [3.05, 3.63) is 0 Å². The molecule has 5 unspecified atom stereocenters. The topological polar surface area (TPSA) is 182 Å². The van der Waals surface area contributed by atoms with Crippen LogP contribution in [-0.4, -0.2) is 107 Å². The Bertz CT molecular complexity index is 1000. The second kappa shape index (κ2) is 34.8. The summed E-state index contributed by atoms with van der Waals surface area (Å²) in [5.41, 5.74) is 0. The molecule has 0 aromatic carbocycles. The molecule has 316 valence electrons. The molecule has 0 rings (SSSR count). The predicted molar refractivity (Wildman–Crippen MR) is 221 cm³/mol. The van der Waals surface area contributed by atoms with Gasteiger partial charge in [0.25, 0.3) is 0 Å². The van der Waals surface area contributed by atoms with E-state index in [1.54, 1.807) is 6.92 Å². The molecule has 54 heavy (non-hydrogen) atoms. The van der Waals surface area contributed by atoms with Crippen molar-refractivity contribution in [3.8, 4) is 0 Å². The van der Waals surface area contributed by atoms with Crippen LogP contribution in [-0.2, 0) is 24.0 Å². The number of hydrogen-bond donors (Lipinski definition) is 8. The van der Waals surface area contributed by atoms with Crippen LogP contribution in [0.2, 0.25) is 0 Å². The van der Waals surface area contributed by atoms with Gasteiger partial charge in [-0.3, -0.25) is 24.0 Å². The second-order valence-electron chi connectivity index (χ2n) is 15.2. The van der Waals surface area contributed by atoms with Gasteiger partial charge in [0, 0.05) is 62.3 Å². The van der Waals surface area contributed by atoms with Gasteiger partial charge in [0.2, 0.25) is 23.6 Å². The van der Waals surface area contributed by atoms with E-state index in [0.717, 1.165) is 103 Å². The molecule has 4 amide bonds. The average Bonchev–Trinajstić information content (AvgIpc) is 3.11. The van der Waals surface area contributed by atoms with Crippen LogP contribution in [0.1, 0.15) is 156 Å². The lowest BCUT2D eigenvalue weighted by atomic mass is 10.0. The Morgan fingerprint density at radius 1 is 0.389 bits per heavy atom. The molecule has 0 radical (unpaired) electrons. The van der Waals surface area contributed by atoms with E-state index in [4.69, 9.17) is 0 Å². The summed E-state index contributed by atoms with van der Waals surface area (Å²) in [5, 5.41) is 25.2. The van der Waals surface area contributed by atoms with Crippen molar-refractivity contribution in [1.82, 2.24) is 42.5 Å². The molecule has 0 aliphatic heterocycles. The standard InChI is InChI=1S/C41H82N8O5/c1-8-10-12-20-34(27-32(3)50)46-39(52)29-36(22-14-17-25-43-5)48-41(54)31-37(23-15-18-26-44-6)49-40(53)30-35(21-13-16-24-42-4)47-38(51)28-33(45-7)19-11-9-2/h33-37,42-45H,8-31H2,1-7H3,(H,46,52)(H,47,51)(H,48,54)(H,49,53). The lowest BCUT2D eigenvalue weighted by molar-refractivity contribution is -0.125. The van der Waals surface area contributed by atoms with E-state index in [2.05, 4.69) is 56.4 Å². The predicted octanol–water partition coefficient (Wildman–Crippen LogP) is 3.99. The molecule has 0 heterocycles. The molecule has 5 atom stereocenters. The molecule has 0 aliphatic carbocycles. The molecule has 13 nitrogen and oxygen atoms in total. The van der Waals surface area contributed by atoms with Crippen LogP contribution in [0, 0.1) is 0 Å². The van der Waals surface area contributed by atoms with E-state index in [1.165, 1.54) is 0 Å². The molecular weight excluding hydrogens is 685 g/mol. The molecule has 0 bridgehead atoms. The summed E-state index contributed by atoms with van der Waals surface area (Å²) in [5.74, 6) is -0.561. The molecular formula is C41H82N8O5. The zero-order valence-electron chi connectivity index (χ0n) is 35.4. The van der Waals surface area contributed by atoms with Crippen LogP contribution in [0.4, 0.5) is 0 Å². The summed E-state index contributed by atoms with van der Waals surface area (Å²) in [4.78, 5) is 65.4. The smallest absolute Gasteiger partial charge is 0.222 e. The highest BCUT2D eigenvalue weighted by atomic mass is 16.2. The van der Waals surface area contributed by atoms with Crippen molar-refractivity contribution in [2.45, 2.75) is 186 Å². The maximum Gasteiger partial charge on any atom is 0.222 e. The SMILES string of the molecule is CCCCCC(CC(C)=O)NC(=O)CC(CCCCNC)NC(=O)CC(CCCCNC)NC(=O)CC(CCCCNC)NC(=O)CC(CCCC)NC. The van der Waals surface area contributed by atoms with Gasteiger partial charge in [-0.15, -0.1) is 0 Å². The Hall–Kier alpha value is -2.61. The molecule has 8 N–H and O–H groups in total. The quantitative estimate of drug-likeness (QED) is 0.0434. The second-order valence-corrected chi connectivity index (χ2v) is 15.2. The third-order valence-electron chi connectivity index (χ3n) is 9.88. The maximum atomic E-state index is 13.6. The fourth-order valence-corrected chi connectivity index (χ4v) is 6.81. The lowest BCUT2D eigenvalue weighted by Gasteiger charge is -2.25. The van der Waals surface area contributed by atoms with E-state index < -0.39 is 0 Å². The molecule has 0 aromatic rings. The average molecular weight is 767 g/mol. The summed E-state index contributed by atoms with van der Waals surface area (Å²) < 4.78 is 0. The van der Waals surface area contributed by atoms with Crippen LogP contribution in [0.3, 0.4) is 0 Å². The summed E-state index contributed by atoms with van der Waals surface area (Å²) >= 11 is 0. The van der Waals surface area contributed by atoms with Crippen molar-refractivity contribution >= 4 is 29.4 Å². The van der Waals surface area contributed by atoms with Gasteiger partial charge in [0.1, 0.15) is 5.78 Å². The molecule has 0 aromatic heterocycles. The zero-order chi connectivity index (χ0) is 40.4. The van der Waals surface area contributed by atoms with E-state index >= 15 is 0 Å². The molecule has 0 saturated carbocycles. The highest BCUT2D eigenvalue weighted by Crippen LogP contribution is 2.13. The van der Waals surface area contributed by atoms with Crippen molar-refractivity contribution < 1.29 is 24.0 Å². The molecule has 13 heteroatoms. The van der Waals surface area contributed by atoms with Gasteiger partial charge in [-0.05, 0) is 106 Å². The van der Waals surface area contributed by atoms with Gasteiger partial charge in [-0.1, -0.05) is 65.2 Å². The minimum Gasteiger partial charge on any atom is -0.353 e. The van der Waals surface area contributed by atoms with Crippen LogP contribution < -0.4 is 42.5 Å². The van der Waals surface area contributed by atoms with Gasteiger partial charge in [0.15, 0.2) is 0 Å². The first kappa shape index (κ1) is 51.4. The Labute approximate surface area is 329 Å². The molecule has 0 saturated heterocycles. The van der Waals surface area contributed by atoms with Gasteiger partial charge in [-0.2, -0.15) is 0 Å². The van der Waals surface area contributed by atoms with Gasteiger partial charge in [-0.25, -0.2) is 0 Å². The first-order valence-electron chi connectivity index (χ1n) is 21.3. The van der Waals surface area contributed by atoms with Crippen LogP contribution in [0.5, 0.6) is 0 Å². The molecule has 0 fully saturated rings. The number of carbonyl (C=O) groups excluding carboxylic acids is 5. The van der Waals surface area contributed by atoms with Crippen molar-refractivity contribution in [2.24, 2.45) is 0 Å². The fraction of sp³-hybridized carbons (Fsp3) is 0.878. The number of unbranched alkanes of at least 4 members (excludes halogenated alkanes) is 6.